The summed E-state index contributed by atoms with van der Waals surface area (Å²) in [5.41, 5.74) is 1.87. The van der Waals surface area contributed by atoms with Crippen LogP contribution in [-0.4, -0.2) is 72.1 Å². The summed E-state index contributed by atoms with van der Waals surface area (Å²) in [6.45, 7) is 15.5. The molecule has 5 nitrogen and oxygen atoms in total. The van der Waals surface area contributed by atoms with Gasteiger partial charge in [0.2, 0.25) is 0 Å². The van der Waals surface area contributed by atoms with Crippen LogP contribution in [0.1, 0.15) is 52.3 Å². The zero-order valence-electron chi connectivity index (χ0n) is 16.7. The van der Waals surface area contributed by atoms with Gasteiger partial charge in [-0.15, -0.1) is 0 Å². The standard InChI is InChI=1S/C18H29N5.C2H6/c1-14(2)17-19-10-16(11-20-17)23-6-4-22(5-7-23)15-8-18(9-15)12-21(3)13-18;1-2/h10-11,14-15H,4-9,12-13H2,1-3H3;1-2H3. The van der Waals surface area contributed by atoms with E-state index in [2.05, 4.69) is 45.6 Å². The van der Waals surface area contributed by atoms with Gasteiger partial charge in [-0.05, 0) is 25.3 Å². The number of nitrogens with zero attached hydrogens (tertiary/aromatic N) is 5. The first-order valence-electron chi connectivity index (χ1n) is 10.0. The number of hydrogen-bond donors (Lipinski definition) is 0. The zero-order chi connectivity index (χ0) is 18.0. The summed E-state index contributed by atoms with van der Waals surface area (Å²) in [6, 6.07) is 0.838. The van der Waals surface area contributed by atoms with E-state index in [4.69, 9.17) is 0 Å². The van der Waals surface area contributed by atoms with Crippen LogP contribution in [0.2, 0.25) is 0 Å². The molecule has 4 rings (SSSR count). The van der Waals surface area contributed by atoms with Crippen LogP contribution in [0, 0.1) is 5.41 Å². The molecule has 3 heterocycles. The molecule has 0 amide bonds. The van der Waals surface area contributed by atoms with Crippen LogP contribution in [0.5, 0.6) is 0 Å². The van der Waals surface area contributed by atoms with E-state index in [9.17, 15) is 0 Å². The molecule has 25 heavy (non-hydrogen) atoms. The van der Waals surface area contributed by atoms with Crippen molar-refractivity contribution in [3.8, 4) is 0 Å². The van der Waals surface area contributed by atoms with Crippen molar-refractivity contribution < 1.29 is 0 Å². The van der Waals surface area contributed by atoms with E-state index in [0.29, 0.717) is 11.3 Å². The van der Waals surface area contributed by atoms with Crippen molar-refractivity contribution in [2.75, 3.05) is 51.2 Å². The molecule has 1 spiro atoms. The third-order valence-electron chi connectivity index (χ3n) is 5.92. The Kier molecular flexibility index (Phi) is 5.64. The van der Waals surface area contributed by atoms with Gasteiger partial charge in [-0.25, -0.2) is 9.97 Å². The third kappa shape index (κ3) is 3.82. The van der Waals surface area contributed by atoms with Gasteiger partial charge in [-0.1, -0.05) is 27.7 Å². The lowest BCUT2D eigenvalue weighted by Gasteiger charge is -2.61. The van der Waals surface area contributed by atoms with Crippen molar-refractivity contribution in [1.82, 2.24) is 19.8 Å². The molecule has 0 N–H and O–H groups in total. The fourth-order valence-corrected chi connectivity index (χ4v) is 4.69. The summed E-state index contributed by atoms with van der Waals surface area (Å²) >= 11 is 0. The Hall–Kier alpha value is -1.20. The summed E-state index contributed by atoms with van der Waals surface area (Å²) in [4.78, 5) is 16.6. The van der Waals surface area contributed by atoms with Gasteiger partial charge in [0.1, 0.15) is 5.82 Å². The second kappa shape index (κ2) is 7.58. The van der Waals surface area contributed by atoms with Gasteiger partial charge in [0, 0.05) is 51.2 Å². The summed E-state index contributed by atoms with van der Waals surface area (Å²) in [6.07, 6.45) is 6.84. The predicted octanol–water partition coefficient (Wildman–Crippen LogP) is 2.84. The molecular weight excluding hydrogens is 310 g/mol. The molecule has 0 aromatic carbocycles. The van der Waals surface area contributed by atoms with E-state index in [-0.39, 0.29) is 0 Å². The molecule has 1 aliphatic carbocycles. The fraction of sp³-hybridized carbons (Fsp3) is 0.800. The average Bonchev–Trinajstić information content (AvgIpc) is 2.59. The maximum Gasteiger partial charge on any atom is 0.130 e. The molecule has 1 saturated carbocycles. The topological polar surface area (TPSA) is 35.5 Å². The highest BCUT2D eigenvalue weighted by Crippen LogP contribution is 2.49. The molecule has 0 unspecified atom stereocenters. The van der Waals surface area contributed by atoms with E-state index < -0.39 is 0 Å². The maximum atomic E-state index is 4.51. The molecule has 140 valence electrons. The summed E-state index contributed by atoms with van der Waals surface area (Å²) in [5, 5.41) is 0. The smallest absolute Gasteiger partial charge is 0.130 e. The monoisotopic (exact) mass is 345 g/mol. The molecule has 3 aliphatic rings. The Labute approximate surface area is 153 Å². The Morgan fingerprint density at radius 1 is 1.00 bits per heavy atom. The first kappa shape index (κ1) is 18.6. The van der Waals surface area contributed by atoms with Crippen molar-refractivity contribution in [1.29, 1.82) is 0 Å². The lowest BCUT2D eigenvalue weighted by Crippen LogP contribution is -2.66. The van der Waals surface area contributed by atoms with Gasteiger partial charge in [0.15, 0.2) is 0 Å². The van der Waals surface area contributed by atoms with Crippen LogP contribution in [0.25, 0.3) is 0 Å². The molecule has 0 atom stereocenters. The summed E-state index contributed by atoms with van der Waals surface area (Å²) in [5.74, 6) is 1.34. The molecule has 0 radical (unpaired) electrons. The molecule has 2 aliphatic heterocycles. The Morgan fingerprint density at radius 2 is 1.56 bits per heavy atom. The van der Waals surface area contributed by atoms with Crippen LogP contribution in [0.15, 0.2) is 12.4 Å². The molecule has 2 saturated heterocycles. The first-order chi connectivity index (χ1) is 12.0. The Bertz CT molecular complexity index is 534. The third-order valence-corrected chi connectivity index (χ3v) is 5.92. The van der Waals surface area contributed by atoms with Crippen molar-refractivity contribution in [3.63, 3.8) is 0 Å². The number of piperazine rings is 1. The number of likely N-dealkylation sites (tertiary alicyclic amines) is 1. The van der Waals surface area contributed by atoms with E-state index >= 15 is 0 Å². The number of hydrogen-bond acceptors (Lipinski definition) is 5. The van der Waals surface area contributed by atoms with Crippen molar-refractivity contribution in [2.24, 2.45) is 5.41 Å². The van der Waals surface area contributed by atoms with E-state index in [1.54, 1.807) is 0 Å². The highest BCUT2D eigenvalue weighted by Gasteiger charge is 2.52. The van der Waals surface area contributed by atoms with Crippen LogP contribution < -0.4 is 4.90 Å². The van der Waals surface area contributed by atoms with Gasteiger partial charge in [0.05, 0.1) is 18.1 Å². The lowest BCUT2D eigenvalue weighted by molar-refractivity contribution is -0.0990. The number of aromatic nitrogens is 2. The van der Waals surface area contributed by atoms with Gasteiger partial charge >= 0.3 is 0 Å². The van der Waals surface area contributed by atoms with Crippen LogP contribution in [0.3, 0.4) is 0 Å². The van der Waals surface area contributed by atoms with E-state index in [0.717, 1.165) is 25.0 Å². The quantitative estimate of drug-likeness (QED) is 0.842. The predicted molar refractivity (Wildman–Crippen MR) is 104 cm³/mol. The summed E-state index contributed by atoms with van der Waals surface area (Å²) in [7, 11) is 2.24. The summed E-state index contributed by atoms with van der Waals surface area (Å²) < 4.78 is 0. The number of anilines is 1. The van der Waals surface area contributed by atoms with Gasteiger partial charge in [-0.3, -0.25) is 4.90 Å². The molecule has 1 aromatic heterocycles. The molecular formula is C20H35N5. The minimum absolute atomic E-state index is 0.400. The van der Waals surface area contributed by atoms with Crippen LogP contribution in [0.4, 0.5) is 5.69 Å². The second-order valence-electron chi connectivity index (χ2n) is 8.21. The fourth-order valence-electron chi connectivity index (χ4n) is 4.69. The SMILES string of the molecule is CC.CC(C)c1ncc(N2CCN(C3CC4(C3)CN(C)C4)CC2)cn1. The Balaban J connectivity index is 0.000000880. The maximum absolute atomic E-state index is 4.51. The Morgan fingerprint density at radius 3 is 2.04 bits per heavy atom. The van der Waals surface area contributed by atoms with E-state index in [1.165, 1.54) is 44.7 Å². The van der Waals surface area contributed by atoms with Gasteiger partial charge in [0.25, 0.3) is 0 Å². The van der Waals surface area contributed by atoms with Gasteiger partial charge in [-0.2, -0.15) is 0 Å². The van der Waals surface area contributed by atoms with Gasteiger partial charge < -0.3 is 9.80 Å². The first-order valence-corrected chi connectivity index (χ1v) is 10.0. The second-order valence-corrected chi connectivity index (χ2v) is 8.21. The minimum Gasteiger partial charge on any atom is -0.366 e. The number of rotatable bonds is 3. The van der Waals surface area contributed by atoms with Crippen LogP contribution >= 0.6 is 0 Å². The molecule has 1 aromatic rings. The largest absolute Gasteiger partial charge is 0.366 e. The zero-order valence-corrected chi connectivity index (χ0v) is 16.7. The van der Waals surface area contributed by atoms with Crippen molar-refractivity contribution in [3.05, 3.63) is 18.2 Å². The van der Waals surface area contributed by atoms with E-state index in [1.807, 2.05) is 26.2 Å². The highest BCUT2D eigenvalue weighted by atomic mass is 15.3. The van der Waals surface area contributed by atoms with Crippen molar-refractivity contribution in [2.45, 2.75) is 52.5 Å². The molecule has 0 bridgehead atoms. The van der Waals surface area contributed by atoms with Crippen LogP contribution in [-0.2, 0) is 0 Å². The van der Waals surface area contributed by atoms with Crippen molar-refractivity contribution >= 4 is 5.69 Å². The highest BCUT2D eigenvalue weighted by molar-refractivity contribution is 5.42. The molecule has 5 heteroatoms. The minimum atomic E-state index is 0.400. The average molecular weight is 346 g/mol. The molecule has 3 fully saturated rings. The normalized spacial score (nSPS) is 23.8. The lowest BCUT2D eigenvalue weighted by atomic mass is 9.60.